The summed E-state index contributed by atoms with van der Waals surface area (Å²) in [6.07, 6.45) is -3.42. The van der Waals surface area contributed by atoms with Crippen LogP contribution in [0.15, 0.2) is 0 Å². The zero-order valence-corrected chi connectivity index (χ0v) is 7.05. The predicted octanol–water partition coefficient (Wildman–Crippen LogP) is -3.08. The number of hydrogen-bond acceptors (Lipinski definition) is 5. The van der Waals surface area contributed by atoms with Gasteiger partial charge >= 0.3 is 0 Å². The monoisotopic (exact) mass is 190 g/mol. The molecule has 4 atom stereocenters. The molecule has 0 aliphatic carbocycles. The molecule has 1 fully saturated rings. The van der Waals surface area contributed by atoms with Crippen molar-refractivity contribution >= 4 is 5.91 Å². The van der Waals surface area contributed by atoms with Gasteiger partial charge < -0.3 is 26.4 Å². The smallest absolute Gasteiger partial charge is 0.219 e. The fourth-order valence-electron chi connectivity index (χ4n) is 1.39. The van der Waals surface area contributed by atoms with Crippen molar-refractivity contribution < 1.29 is 20.1 Å². The van der Waals surface area contributed by atoms with Crippen LogP contribution in [0.5, 0.6) is 0 Å². The molecule has 0 saturated carbocycles. The Kier molecular flexibility index (Phi) is 3.21. The molecule has 6 heteroatoms. The van der Waals surface area contributed by atoms with Crippen molar-refractivity contribution in [3.63, 3.8) is 0 Å². The second-order valence-electron chi connectivity index (χ2n) is 3.23. The molecule has 0 aromatic heterocycles. The van der Waals surface area contributed by atoms with Crippen LogP contribution < -0.4 is 11.1 Å². The van der Waals surface area contributed by atoms with E-state index >= 15 is 0 Å². The van der Waals surface area contributed by atoms with E-state index in [4.69, 9.17) is 10.8 Å². The molecule has 1 rings (SSSR count). The number of primary amides is 1. The highest BCUT2D eigenvalue weighted by Gasteiger charge is 2.36. The van der Waals surface area contributed by atoms with E-state index in [2.05, 4.69) is 5.32 Å². The molecule has 13 heavy (non-hydrogen) atoms. The van der Waals surface area contributed by atoms with Crippen LogP contribution in [0.4, 0.5) is 0 Å². The number of amides is 1. The average molecular weight is 190 g/mol. The summed E-state index contributed by atoms with van der Waals surface area (Å²) in [6, 6.07) is -0.573. The van der Waals surface area contributed by atoms with E-state index < -0.39 is 30.3 Å². The summed E-state index contributed by atoms with van der Waals surface area (Å²) in [5, 5.41) is 30.4. The molecular weight excluding hydrogens is 176 g/mol. The quantitative estimate of drug-likeness (QED) is 0.316. The van der Waals surface area contributed by atoms with Gasteiger partial charge in [0.2, 0.25) is 5.91 Å². The number of nitrogens with two attached hydrogens (primary N) is 1. The van der Waals surface area contributed by atoms with E-state index in [1.165, 1.54) is 0 Å². The van der Waals surface area contributed by atoms with Gasteiger partial charge in [0.25, 0.3) is 0 Å². The Bertz CT molecular complexity index is 199. The largest absolute Gasteiger partial charge is 0.389 e. The summed E-state index contributed by atoms with van der Waals surface area (Å²) in [5.41, 5.74) is 4.93. The van der Waals surface area contributed by atoms with Crippen LogP contribution in [-0.2, 0) is 4.79 Å². The molecule has 1 amide bonds. The van der Waals surface area contributed by atoms with Crippen molar-refractivity contribution in [3.05, 3.63) is 0 Å². The van der Waals surface area contributed by atoms with Crippen LogP contribution >= 0.6 is 0 Å². The lowest BCUT2D eigenvalue weighted by molar-refractivity contribution is -0.124. The zero-order valence-electron chi connectivity index (χ0n) is 7.05. The SMILES string of the molecule is NC(=O)CC1NCC(O)C(O)C1O. The molecule has 0 bridgehead atoms. The van der Waals surface area contributed by atoms with Crippen molar-refractivity contribution in [2.24, 2.45) is 5.73 Å². The Labute approximate surface area is 75.4 Å². The number of carbonyl (C=O) groups is 1. The van der Waals surface area contributed by atoms with E-state index in [1.54, 1.807) is 0 Å². The molecular formula is C7H14N2O4. The summed E-state index contributed by atoms with van der Waals surface area (Å²) in [4.78, 5) is 10.5. The van der Waals surface area contributed by atoms with Crippen LogP contribution in [0.25, 0.3) is 0 Å². The minimum atomic E-state index is -1.22. The van der Waals surface area contributed by atoms with Crippen LogP contribution in [0, 0.1) is 0 Å². The van der Waals surface area contributed by atoms with Crippen LogP contribution in [0.2, 0.25) is 0 Å². The van der Waals surface area contributed by atoms with E-state index in [9.17, 15) is 15.0 Å². The van der Waals surface area contributed by atoms with Crippen molar-refractivity contribution in [1.29, 1.82) is 0 Å². The van der Waals surface area contributed by atoms with Gasteiger partial charge in [0.05, 0.1) is 12.2 Å². The topological polar surface area (TPSA) is 116 Å². The first-order valence-electron chi connectivity index (χ1n) is 4.08. The first-order valence-corrected chi connectivity index (χ1v) is 4.08. The third-order valence-corrected chi connectivity index (χ3v) is 2.17. The molecule has 0 spiro atoms. The first-order chi connectivity index (χ1) is 6.02. The highest BCUT2D eigenvalue weighted by Crippen LogP contribution is 2.12. The Morgan fingerprint density at radius 1 is 1.38 bits per heavy atom. The van der Waals surface area contributed by atoms with Crippen LogP contribution in [0.3, 0.4) is 0 Å². The molecule has 1 aliphatic rings. The maximum atomic E-state index is 10.5. The predicted molar refractivity (Wildman–Crippen MR) is 43.6 cm³/mol. The van der Waals surface area contributed by atoms with Crippen molar-refractivity contribution in [2.75, 3.05) is 6.54 Å². The van der Waals surface area contributed by atoms with E-state index in [1.807, 2.05) is 0 Å². The van der Waals surface area contributed by atoms with Crippen LogP contribution in [0.1, 0.15) is 6.42 Å². The van der Waals surface area contributed by atoms with Crippen LogP contribution in [-0.4, -0.2) is 52.1 Å². The number of carbonyl (C=O) groups excluding carboxylic acids is 1. The maximum Gasteiger partial charge on any atom is 0.219 e. The fraction of sp³-hybridized carbons (Fsp3) is 0.857. The number of hydrogen-bond donors (Lipinski definition) is 5. The lowest BCUT2D eigenvalue weighted by Gasteiger charge is -2.35. The first kappa shape index (κ1) is 10.4. The summed E-state index contributed by atoms with van der Waals surface area (Å²) in [5.74, 6) is -0.555. The summed E-state index contributed by atoms with van der Waals surface area (Å²) in [6.45, 7) is 0.149. The molecule has 1 heterocycles. The molecule has 6 N–H and O–H groups in total. The molecule has 4 unspecified atom stereocenters. The second kappa shape index (κ2) is 4.01. The molecule has 0 aromatic carbocycles. The molecule has 1 saturated heterocycles. The minimum Gasteiger partial charge on any atom is -0.389 e. The highest BCUT2D eigenvalue weighted by atomic mass is 16.4. The summed E-state index contributed by atoms with van der Waals surface area (Å²) < 4.78 is 0. The Morgan fingerprint density at radius 2 is 2.00 bits per heavy atom. The van der Waals surface area contributed by atoms with Crippen molar-refractivity contribution in [3.8, 4) is 0 Å². The second-order valence-corrected chi connectivity index (χ2v) is 3.23. The third-order valence-electron chi connectivity index (χ3n) is 2.17. The third kappa shape index (κ3) is 2.38. The number of aliphatic hydroxyl groups excluding tert-OH is 3. The van der Waals surface area contributed by atoms with Gasteiger partial charge in [-0.3, -0.25) is 4.79 Å². The number of nitrogens with one attached hydrogen (secondary N) is 1. The van der Waals surface area contributed by atoms with Gasteiger partial charge in [-0.1, -0.05) is 0 Å². The van der Waals surface area contributed by atoms with Crippen molar-refractivity contribution in [1.82, 2.24) is 5.32 Å². The summed E-state index contributed by atoms with van der Waals surface area (Å²) >= 11 is 0. The standard InChI is InChI=1S/C7H14N2O4/c8-5(11)1-3-6(12)7(13)4(10)2-9-3/h3-4,6-7,9-10,12-13H,1-2H2,(H2,8,11). The number of rotatable bonds is 2. The van der Waals surface area contributed by atoms with Crippen molar-refractivity contribution in [2.45, 2.75) is 30.8 Å². The molecule has 6 nitrogen and oxygen atoms in total. The lowest BCUT2D eigenvalue weighted by Crippen LogP contribution is -2.60. The molecule has 0 aromatic rings. The van der Waals surface area contributed by atoms with E-state index in [0.29, 0.717) is 0 Å². The van der Waals surface area contributed by atoms with Gasteiger partial charge in [-0.15, -0.1) is 0 Å². The van der Waals surface area contributed by atoms with Gasteiger partial charge in [0.1, 0.15) is 6.10 Å². The normalized spacial score (nSPS) is 40.2. The average Bonchev–Trinajstić information content (AvgIpc) is 2.06. The van der Waals surface area contributed by atoms with Gasteiger partial charge in [-0.2, -0.15) is 0 Å². The lowest BCUT2D eigenvalue weighted by atomic mass is 9.94. The van der Waals surface area contributed by atoms with Gasteiger partial charge in [0.15, 0.2) is 0 Å². The number of β-amino-alcohol motifs (C(OH)–C–C–N with tert-alkyl or cyclic N) is 1. The molecule has 0 radical (unpaired) electrons. The van der Waals surface area contributed by atoms with Gasteiger partial charge in [-0.25, -0.2) is 0 Å². The fourth-order valence-corrected chi connectivity index (χ4v) is 1.39. The highest BCUT2D eigenvalue weighted by molar-refractivity contribution is 5.74. The van der Waals surface area contributed by atoms with E-state index in [-0.39, 0.29) is 13.0 Å². The molecule has 1 aliphatic heterocycles. The number of aliphatic hydroxyl groups is 3. The summed E-state index contributed by atoms with van der Waals surface area (Å²) in [7, 11) is 0. The Balaban J connectivity index is 2.53. The Hall–Kier alpha value is -0.690. The maximum absolute atomic E-state index is 10.5. The van der Waals surface area contributed by atoms with Gasteiger partial charge in [-0.05, 0) is 0 Å². The van der Waals surface area contributed by atoms with Gasteiger partial charge in [0, 0.05) is 19.0 Å². The minimum absolute atomic E-state index is 0.0506. The molecule has 76 valence electrons. The number of piperidine rings is 1. The van der Waals surface area contributed by atoms with E-state index in [0.717, 1.165) is 0 Å². The zero-order chi connectivity index (χ0) is 10.0. The Morgan fingerprint density at radius 3 is 2.54 bits per heavy atom.